The van der Waals surface area contributed by atoms with Crippen molar-refractivity contribution in [2.24, 2.45) is 0 Å². The zero-order chi connectivity index (χ0) is 15.5. The second kappa shape index (κ2) is 5.85. The molecule has 0 fully saturated rings. The molecular weight excluding hydrogens is 272 g/mol. The number of hydrogen-bond acceptors (Lipinski definition) is 3. The molecule has 0 saturated carbocycles. The number of amides is 1. The van der Waals surface area contributed by atoms with Crippen molar-refractivity contribution in [3.8, 4) is 0 Å². The fourth-order valence-electron chi connectivity index (χ4n) is 1.44. The lowest BCUT2D eigenvalue weighted by molar-refractivity contribution is -0.139. The van der Waals surface area contributed by atoms with Crippen molar-refractivity contribution in [3.63, 3.8) is 0 Å². The summed E-state index contributed by atoms with van der Waals surface area (Å²) in [6.45, 7) is 4.77. The molecule has 1 aromatic carbocycles. The molecule has 0 aliphatic heterocycles. The van der Waals surface area contributed by atoms with E-state index in [1.807, 2.05) is 5.32 Å². The van der Waals surface area contributed by atoms with Crippen LogP contribution in [0, 0.1) is 11.6 Å². The molecule has 7 heteroatoms. The minimum absolute atomic E-state index is 0.483. The van der Waals surface area contributed by atoms with E-state index in [4.69, 9.17) is 9.84 Å². The highest BCUT2D eigenvalue weighted by atomic mass is 19.2. The maximum absolute atomic E-state index is 13.6. The Balaban J connectivity index is 2.99. The number of ether oxygens (including phenoxy) is 1. The first-order valence-corrected chi connectivity index (χ1v) is 5.78. The number of carbonyl (C=O) groups excluding carboxylic acids is 1. The molecule has 0 aliphatic carbocycles. The third-order valence-corrected chi connectivity index (χ3v) is 2.20. The monoisotopic (exact) mass is 287 g/mol. The number of carboxylic acid groups (broad SMARTS) is 1. The van der Waals surface area contributed by atoms with Gasteiger partial charge in [0.2, 0.25) is 0 Å². The van der Waals surface area contributed by atoms with Crippen LogP contribution >= 0.6 is 0 Å². The largest absolute Gasteiger partial charge is 0.479 e. The first-order chi connectivity index (χ1) is 9.11. The van der Waals surface area contributed by atoms with Crippen LogP contribution in [0.1, 0.15) is 32.4 Å². The van der Waals surface area contributed by atoms with Crippen molar-refractivity contribution in [2.75, 3.05) is 0 Å². The van der Waals surface area contributed by atoms with Crippen molar-refractivity contribution in [1.82, 2.24) is 5.32 Å². The molecule has 0 saturated heterocycles. The number of aliphatic carboxylic acids is 1. The van der Waals surface area contributed by atoms with Gasteiger partial charge in [-0.1, -0.05) is 12.1 Å². The van der Waals surface area contributed by atoms with Gasteiger partial charge in [0.15, 0.2) is 17.7 Å². The van der Waals surface area contributed by atoms with Gasteiger partial charge in [-0.05, 0) is 26.8 Å². The van der Waals surface area contributed by atoms with E-state index in [-0.39, 0.29) is 0 Å². The van der Waals surface area contributed by atoms with Crippen molar-refractivity contribution in [1.29, 1.82) is 0 Å². The Morgan fingerprint density at radius 3 is 2.40 bits per heavy atom. The molecule has 1 rings (SSSR count). The highest BCUT2D eigenvalue weighted by Gasteiger charge is 2.28. The molecular formula is C13H15F2NO4. The molecule has 1 amide bonds. The maximum Gasteiger partial charge on any atom is 0.408 e. The van der Waals surface area contributed by atoms with Gasteiger partial charge in [0.1, 0.15) is 5.60 Å². The number of carboxylic acids is 1. The molecule has 20 heavy (non-hydrogen) atoms. The zero-order valence-corrected chi connectivity index (χ0v) is 11.2. The Hall–Kier alpha value is -2.18. The normalized spacial score (nSPS) is 12.7. The van der Waals surface area contributed by atoms with Crippen LogP contribution in [0.25, 0.3) is 0 Å². The predicted octanol–water partition coefficient (Wildman–Crippen LogP) is 2.62. The summed E-state index contributed by atoms with van der Waals surface area (Å²) in [5.41, 5.74) is -1.32. The van der Waals surface area contributed by atoms with E-state index in [9.17, 15) is 18.4 Å². The van der Waals surface area contributed by atoms with Crippen LogP contribution in [-0.4, -0.2) is 22.8 Å². The first-order valence-electron chi connectivity index (χ1n) is 5.78. The number of nitrogens with one attached hydrogen (secondary N) is 1. The lowest BCUT2D eigenvalue weighted by Crippen LogP contribution is -2.38. The number of carbonyl (C=O) groups is 2. The highest BCUT2D eigenvalue weighted by molar-refractivity contribution is 5.81. The molecule has 0 aliphatic rings. The van der Waals surface area contributed by atoms with E-state index in [0.29, 0.717) is 0 Å². The quantitative estimate of drug-likeness (QED) is 0.896. The van der Waals surface area contributed by atoms with Crippen molar-refractivity contribution >= 4 is 12.1 Å². The van der Waals surface area contributed by atoms with E-state index in [1.165, 1.54) is 0 Å². The molecule has 0 unspecified atom stereocenters. The van der Waals surface area contributed by atoms with Crippen LogP contribution in [0.2, 0.25) is 0 Å². The standard InChI is InChI=1S/C13H15F2NO4/c1-13(2,3)20-12(19)16-10(11(17)18)7-5-4-6-8(14)9(7)15/h4-6,10H,1-3H3,(H,16,19)(H,17,18)/t10-/m0/s1. The molecule has 1 aromatic rings. The van der Waals surface area contributed by atoms with E-state index in [0.717, 1.165) is 18.2 Å². The summed E-state index contributed by atoms with van der Waals surface area (Å²) < 4.78 is 31.5. The number of hydrogen-bond donors (Lipinski definition) is 2. The molecule has 0 radical (unpaired) electrons. The molecule has 0 spiro atoms. The topological polar surface area (TPSA) is 75.6 Å². The van der Waals surface area contributed by atoms with E-state index in [1.54, 1.807) is 20.8 Å². The van der Waals surface area contributed by atoms with Gasteiger partial charge < -0.3 is 15.2 Å². The summed E-state index contributed by atoms with van der Waals surface area (Å²) in [5.74, 6) is -4.05. The lowest BCUT2D eigenvalue weighted by atomic mass is 10.1. The van der Waals surface area contributed by atoms with Crippen LogP contribution in [0.5, 0.6) is 0 Å². The minimum atomic E-state index is -1.74. The van der Waals surface area contributed by atoms with Gasteiger partial charge in [-0.3, -0.25) is 0 Å². The Labute approximate surface area is 114 Å². The molecule has 1 atom stereocenters. The van der Waals surface area contributed by atoms with Gasteiger partial charge in [-0.25, -0.2) is 18.4 Å². The van der Waals surface area contributed by atoms with Crippen molar-refractivity contribution in [3.05, 3.63) is 35.4 Å². The van der Waals surface area contributed by atoms with E-state index >= 15 is 0 Å². The second-order valence-electron chi connectivity index (χ2n) is 5.06. The van der Waals surface area contributed by atoms with Gasteiger partial charge in [-0.15, -0.1) is 0 Å². The highest BCUT2D eigenvalue weighted by Crippen LogP contribution is 2.20. The average molecular weight is 287 g/mol. The molecule has 0 aromatic heterocycles. The minimum Gasteiger partial charge on any atom is -0.479 e. The Morgan fingerprint density at radius 2 is 1.90 bits per heavy atom. The summed E-state index contributed by atoms with van der Waals surface area (Å²) in [6.07, 6.45) is -1.03. The summed E-state index contributed by atoms with van der Waals surface area (Å²) in [4.78, 5) is 22.6. The first kappa shape index (κ1) is 15.9. The Kier molecular flexibility index (Phi) is 4.65. The fourth-order valence-corrected chi connectivity index (χ4v) is 1.44. The third-order valence-electron chi connectivity index (χ3n) is 2.20. The summed E-state index contributed by atoms with van der Waals surface area (Å²) >= 11 is 0. The average Bonchev–Trinajstić information content (AvgIpc) is 2.27. The van der Waals surface area contributed by atoms with E-state index in [2.05, 4.69) is 0 Å². The SMILES string of the molecule is CC(C)(C)OC(=O)N[C@H](C(=O)O)c1cccc(F)c1F. The van der Waals surface area contributed by atoms with Crippen LogP contribution in [0.4, 0.5) is 13.6 Å². The molecule has 110 valence electrons. The molecule has 0 heterocycles. The molecule has 0 bridgehead atoms. The van der Waals surface area contributed by atoms with Crippen LogP contribution in [0.15, 0.2) is 18.2 Å². The molecule has 2 N–H and O–H groups in total. The maximum atomic E-state index is 13.6. The van der Waals surface area contributed by atoms with Gasteiger partial charge in [-0.2, -0.15) is 0 Å². The number of halogens is 2. The Bertz CT molecular complexity index is 526. The van der Waals surface area contributed by atoms with Gasteiger partial charge in [0, 0.05) is 5.56 Å². The fraction of sp³-hybridized carbons (Fsp3) is 0.385. The third kappa shape index (κ3) is 4.18. The van der Waals surface area contributed by atoms with Crippen molar-refractivity contribution < 1.29 is 28.2 Å². The lowest BCUT2D eigenvalue weighted by Gasteiger charge is -2.22. The summed E-state index contributed by atoms with van der Waals surface area (Å²) in [6, 6.07) is 1.35. The van der Waals surface area contributed by atoms with E-state index < -0.39 is 40.9 Å². The smallest absolute Gasteiger partial charge is 0.408 e. The van der Waals surface area contributed by atoms with Crippen LogP contribution in [0.3, 0.4) is 0 Å². The zero-order valence-electron chi connectivity index (χ0n) is 11.2. The van der Waals surface area contributed by atoms with Crippen LogP contribution < -0.4 is 5.32 Å². The van der Waals surface area contributed by atoms with Gasteiger partial charge >= 0.3 is 12.1 Å². The number of rotatable bonds is 3. The number of benzene rings is 1. The summed E-state index contributed by atoms with van der Waals surface area (Å²) in [7, 11) is 0. The summed E-state index contributed by atoms with van der Waals surface area (Å²) in [5, 5.41) is 11.0. The Morgan fingerprint density at radius 1 is 1.30 bits per heavy atom. The van der Waals surface area contributed by atoms with Crippen LogP contribution in [-0.2, 0) is 9.53 Å². The molecule has 5 nitrogen and oxygen atoms in total. The van der Waals surface area contributed by atoms with Gasteiger partial charge in [0.25, 0.3) is 0 Å². The van der Waals surface area contributed by atoms with Gasteiger partial charge in [0.05, 0.1) is 0 Å². The van der Waals surface area contributed by atoms with Crippen molar-refractivity contribution in [2.45, 2.75) is 32.4 Å². The second-order valence-corrected chi connectivity index (χ2v) is 5.06. The predicted molar refractivity (Wildman–Crippen MR) is 66.1 cm³/mol. The number of alkyl carbamates (subject to hydrolysis) is 1.